The number of hydrogen-bond acceptors (Lipinski definition) is 3. The molecular formula is C39H48O4Si2. The zero-order valence-corrected chi connectivity index (χ0v) is 29.6. The minimum atomic E-state index is -2.89. The molecule has 0 saturated heterocycles. The number of rotatable bonds is 9. The minimum Gasteiger partial charge on any atom is -0.481 e. The van der Waals surface area contributed by atoms with Gasteiger partial charge in [0.25, 0.3) is 16.6 Å². The van der Waals surface area contributed by atoms with Gasteiger partial charge in [-0.25, -0.2) is 0 Å². The fraction of sp³-hybridized carbons (Fsp3) is 0.359. The van der Waals surface area contributed by atoms with Gasteiger partial charge in [0.2, 0.25) is 0 Å². The van der Waals surface area contributed by atoms with Crippen LogP contribution in [0.1, 0.15) is 60.8 Å². The summed E-state index contributed by atoms with van der Waals surface area (Å²) in [6.07, 6.45) is 1.06. The fourth-order valence-corrected chi connectivity index (χ4v) is 16.9. The van der Waals surface area contributed by atoms with E-state index in [0.717, 1.165) is 0 Å². The second-order valence-electron chi connectivity index (χ2n) is 14.5. The van der Waals surface area contributed by atoms with Gasteiger partial charge in [-0.3, -0.25) is 4.79 Å². The molecule has 4 aromatic rings. The van der Waals surface area contributed by atoms with Gasteiger partial charge in [0.1, 0.15) is 0 Å². The summed E-state index contributed by atoms with van der Waals surface area (Å²) in [5.74, 6) is -1.33. The molecule has 0 amide bonds. The molecule has 1 aliphatic rings. The zero-order chi connectivity index (χ0) is 32.3. The molecule has 0 aliphatic heterocycles. The van der Waals surface area contributed by atoms with Gasteiger partial charge in [-0.1, -0.05) is 163 Å². The first-order valence-corrected chi connectivity index (χ1v) is 20.0. The Labute approximate surface area is 271 Å². The second-order valence-corrected chi connectivity index (χ2v) is 23.1. The molecule has 6 heteroatoms. The van der Waals surface area contributed by atoms with E-state index in [1.807, 2.05) is 24.3 Å². The Hall–Kier alpha value is -3.30. The molecule has 0 aromatic heterocycles. The van der Waals surface area contributed by atoms with Gasteiger partial charge < -0.3 is 14.0 Å². The number of aliphatic carboxylic acids is 1. The van der Waals surface area contributed by atoms with Crippen molar-refractivity contribution in [1.29, 1.82) is 0 Å². The maximum absolute atomic E-state index is 12.8. The molecule has 2 atom stereocenters. The topological polar surface area (TPSA) is 55.8 Å². The van der Waals surface area contributed by atoms with Crippen LogP contribution in [-0.2, 0) is 13.6 Å². The van der Waals surface area contributed by atoms with E-state index in [1.54, 1.807) is 0 Å². The van der Waals surface area contributed by atoms with Gasteiger partial charge in [-0.15, -0.1) is 0 Å². The maximum atomic E-state index is 12.8. The van der Waals surface area contributed by atoms with E-state index in [2.05, 4.69) is 139 Å². The molecule has 4 nitrogen and oxygen atoms in total. The first-order chi connectivity index (χ1) is 21.4. The van der Waals surface area contributed by atoms with E-state index < -0.39 is 28.5 Å². The Balaban J connectivity index is 1.61. The molecule has 0 spiro atoms. The predicted octanol–water partition coefficient (Wildman–Crippen LogP) is 6.76. The van der Waals surface area contributed by atoms with Crippen molar-refractivity contribution in [3.63, 3.8) is 0 Å². The highest BCUT2D eigenvalue weighted by Crippen LogP contribution is 2.43. The van der Waals surface area contributed by atoms with Crippen molar-refractivity contribution in [2.45, 2.75) is 83.1 Å². The average Bonchev–Trinajstić information content (AvgIpc) is 3.03. The monoisotopic (exact) mass is 636 g/mol. The summed E-state index contributed by atoms with van der Waals surface area (Å²) in [4.78, 5) is 12.8. The summed E-state index contributed by atoms with van der Waals surface area (Å²) in [6, 6.07) is 42.4. The third kappa shape index (κ3) is 6.52. The predicted molar refractivity (Wildman–Crippen MR) is 190 cm³/mol. The number of carboxylic acids is 1. The largest absolute Gasteiger partial charge is 0.481 e. The van der Waals surface area contributed by atoms with Gasteiger partial charge in [0.05, 0.1) is 5.92 Å². The van der Waals surface area contributed by atoms with Crippen molar-refractivity contribution in [2.24, 2.45) is 5.92 Å². The van der Waals surface area contributed by atoms with Gasteiger partial charge in [0, 0.05) is 12.2 Å². The van der Waals surface area contributed by atoms with Crippen molar-refractivity contribution in [2.75, 3.05) is 0 Å². The smallest absolute Gasteiger partial charge is 0.306 e. The van der Waals surface area contributed by atoms with E-state index >= 15 is 0 Å². The Bertz CT molecular complexity index is 1340. The molecule has 0 radical (unpaired) electrons. The van der Waals surface area contributed by atoms with Gasteiger partial charge in [-0.05, 0) is 50.1 Å². The standard InChI is InChI=1S/C39H48O4Si2/c1-38(2,3)44(33-19-11-7-12-20-33,34-21-13-8-14-22-34)42-31-27-30(37(40)41)28-32(29-31)43-45(39(4,5)6,35-23-15-9-16-24-35)36-25-17-10-18-26-36/h7-26,30-32H,27-29H2,1-6H3,(H,40,41). The summed E-state index contributed by atoms with van der Waals surface area (Å²) in [5.41, 5.74) is 0. The van der Waals surface area contributed by atoms with E-state index in [1.165, 1.54) is 20.7 Å². The molecule has 45 heavy (non-hydrogen) atoms. The summed E-state index contributed by atoms with van der Waals surface area (Å²) in [7, 11) is -5.78. The van der Waals surface area contributed by atoms with Gasteiger partial charge >= 0.3 is 5.97 Å². The van der Waals surface area contributed by atoms with Crippen LogP contribution in [-0.4, -0.2) is 39.9 Å². The summed E-state index contributed by atoms with van der Waals surface area (Å²) < 4.78 is 15.1. The summed E-state index contributed by atoms with van der Waals surface area (Å²) >= 11 is 0. The van der Waals surface area contributed by atoms with Crippen LogP contribution in [0.5, 0.6) is 0 Å². The molecule has 1 N–H and O–H groups in total. The fourth-order valence-electron chi connectivity index (χ4n) is 7.49. The molecule has 1 saturated carbocycles. The Morgan fingerprint density at radius 3 is 1.02 bits per heavy atom. The first kappa shape index (κ1) is 33.1. The highest BCUT2D eigenvalue weighted by molar-refractivity contribution is 7.00. The highest BCUT2D eigenvalue weighted by atomic mass is 28.4. The van der Waals surface area contributed by atoms with Crippen LogP contribution >= 0.6 is 0 Å². The van der Waals surface area contributed by atoms with Crippen molar-refractivity contribution < 1.29 is 18.8 Å². The van der Waals surface area contributed by atoms with Crippen molar-refractivity contribution >= 4 is 43.4 Å². The summed E-state index contributed by atoms with van der Waals surface area (Å²) in [6.45, 7) is 13.6. The molecule has 236 valence electrons. The zero-order valence-electron chi connectivity index (χ0n) is 27.6. The molecule has 1 aliphatic carbocycles. The van der Waals surface area contributed by atoms with Crippen molar-refractivity contribution in [3.05, 3.63) is 121 Å². The Kier molecular flexibility index (Phi) is 9.71. The molecule has 1 fully saturated rings. The van der Waals surface area contributed by atoms with Crippen LogP contribution in [0.2, 0.25) is 10.1 Å². The molecule has 0 bridgehead atoms. The first-order valence-electron chi connectivity index (χ1n) is 16.2. The number of hydrogen-bond donors (Lipinski definition) is 1. The van der Waals surface area contributed by atoms with Crippen LogP contribution in [0.4, 0.5) is 0 Å². The van der Waals surface area contributed by atoms with Crippen LogP contribution in [0.25, 0.3) is 0 Å². The van der Waals surface area contributed by atoms with Crippen LogP contribution < -0.4 is 20.7 Å². The SMILES string of the molecule is CC(C)(C)[Si](OC1CC(O[Si](c2ccccc2)(c2ccccc2)C(C)(C)C)CC(C(=O)O)C1)(c1ccccc1)c1ccccc1. The number of carbonyl (C=O) groups is 1. The quantitative estimate of drug-likeness (QED) is 0.206. The highest BCUT2D eigenvalue weighted by Gasteiger charge is 2.55. The van der Waals surface area contributed by atoms with Gasteiger partial charge in [0.15, 0.2) is 0 Å². The number of carboxylic acid groups (broad SMARTS) is 1. The lowest BCUT2D eigenvalue weighted by Gasteiger charge is -2.49. The van der Waals surface area contributed by atoms with E-state index in [9.17, 15) is 9.90 Å². The summed E-state index contributed by atoms with van der Waals surface area (Å²) in [5, 5.41) is 14.9. The molecule has 2 unspecified atom stereocenters. The Morgan fingerprint density at radius 2 is 0.800 bits per heavy atom. The molecule has 5 rings (SSSR count). The van der Waals surface area contributed by atoms with E-state index in [0.29, 0.717) is 19.3 Å². The van der Waals surface area contributed by atoms with Crippen LogP contribution in [0, 0.1) is 5.92 Å². The van der Waals surface area contributed by atoms with Gasteiger partial charge in [-0.2, -0.15) is 0 Å². The third-order valence-corrected chi connectivity index (χ3v) is 19.7. The van der Waals surface area contributed by atoms with Crippen molar-refractivity contribution in [3.8, 4) is 0 Å². The second kappa shape index (κ2) is 13.2. The average molecular weight is 637 g/mol. The lowest BCUT2D eigenvalue weighted by Crippen LogP contribution is -2.69. The molecular weight excluding hydrogens is 589 g/mol. The minimum absolute atomic E-state index is 0.208. The molecule has 0 heterocycles. The molecule has 4 aromatic carbocycles. The van der Waals surface area contributed by atoms with Crippen LogP contribution in [0.3, 0.4) is 0 Å². The van der Waals surface area contributed by atoms with E-state index in [4.69, 9.17) is 8.85 Å². The normalized spacial score (nSPS) is 19.6. The number of benzene rings is 4. The Morgan fingerprint density at radius 1 is 0.533 bits per heavy atom. The van der Waals surface area contributed by atoms with Crippen LogP contribution in [0.15, 0.2) is 121 Å². The van der Waals surface area contributed by atoms with E-state index in [-0.39, 0.29) is 22.3 Å². The maximum Gasteiger partial charge on any atom is 0.306 e. The lowest BCUT2D eigenvalue weighted by molar-refractivity contribution is -0.145. The third-order valence-electron chi connectivity index (χ3n) is 9.49. The van der Waals surface area contributed by atoms with Crippen molar-refractivity contribution in [1.82, 2.24) is 0 Å². The lowest BCUT2D eigenvalue weighted by atomic mass is 9.85.